The van der Waals surface area contributed by atoms with Crippen LogP contribution in [0.3, 0.4) is 0 Å². The molecule has 0 saturated heterocycles. The van der Waals surface area contributed by atoms with E-state index in [2.05, 4.69) is 10.3 Å². The molecule has 0 saturated carbocycles. The fraction of sp³-hybridized carbons (Fsp3) is 0.0833. The predicted octanol–water partition coefficient (Wildman–Crippen LogP) is 2.43. The van der Waals surface area contributed by atoms with Crippen LogP contribution >= 0.6 is 0 Å². The smallest absolute Gasteiger partial charge is 0.248 e. The Morgan fingerprint density at radius 3 is 2.67 bits per heavy atom. The molecule has 2 N–H and O–H groups in total. The maximum absolute atomic E-state index is 10.8. The van der Waals surface area contributed by atoms with Gasteiger partial charge < -0.3 is 10.3 Å². The largest absolute Gasteiger partial charge is 0.354 e. The molecule has 76 valence electrons. The van der Waals surface area contributed by atoms with Gasteiger partial charge in [-0.15, -0.1) is 0 Å². The Balaban J connectivity index is 2.22. The number of aryl methyl sites for hydroxylation is 1. The van der Waals surface area contributed by atoms with Crippen LogP contribution in [-0.2, 0) is 0 Å². The molecule has 0 radical (unpaired) electrons. The third-order valence-electron chi connectivity index (χ3n) is 2.09. The van der Waals surface area contributed by atoms with E-state index in [4.69, 9.17) is 0 Å². The summed E-state index contributed by atoms with van der Waals surface area (Å²) >= 11 is 0. The number of anilines is 2. The number of pyridine rings is 1. The number of nitrogens with one attached hydrogen (secondary N) is 2. The first-order valence-corrected chi connectivity index (χ1v) is 4.76. The summed E-state index contributed by atoms with van der Waals surface area (Å²) in [6, 6.07) is 11.3. The van der Waals surface area contributed by atoms with Crippen LogP contribution < -0.4 is 10.9 Å². The van der Waals surface area contributed by atoms with E-state index < -0.39 is 0 Å². The third-order valence-corrected chi connectivity index (χ3v) is 2.09. The van der Waals surface area contributed by atoms with E-state index in [0.717, 1.165) is 11.4 Å². The lowest BCUT2D eigenvalue weighted by atomic mass is 10.2. The van der Waals surface area contributed by atoms with E-state index in [-0.39, 0.29) is 5.56 Å². The molecule has 1 heterocycles. The summed E-state index contributed by atoms with van der Waals surface area (Å²) in [5.41, 5.74) is 3.00. The van der Waals surface area contributed by atoms with Crippen molar-refractivity contribution in [3.63, 3.8) is 0 Å². The van der Waals surface area contributed by atoms with Crippen molar-refractivity contribution >= 4 is 11.4 Å². The number of hydrogen-bond acceptors (Lipinski definition) is 2. The molecule has 3 nitrogen and oxygen atoms in total. The van der Waals surface area contributed by atoms with Crippen LogP contribution in [0.25, 0.3) is 0 Å². The molecule has 2 aromatic rings. The van der Waals surface area contributed by atoms with Crippen LogP contribution in [-0.4, -0.2) is 4.98 Å². The normalized spacial score (nSPS) is 9.93. The van der Waals surface area contributed by atoms with E-state index >= 15 is 0 Å². The Morgan fingerprint density at radius 2 is 2.00 bits per heavy atom. The molecule has 0 fully saturated rings. The van der Waals surface area contributed by atoms with Crippen molar-refractivity contribution in [3.05, 3.63) is 58.5 Å². The quantitative estimate of drug-likeness (QED) is 0.782. The van der Waals surface area contributed by atoms with Crippen LogP contribution in [0.1, 0.15) is 5.56 Å². The van der Waals surface area contributed by atoms with Crippen molar-refractivity contribution in [2.24, 2.45) is 0 Å². The molecule has 0 amide bonds. The lowest BCUT2D eigenvalue weighted by Crippen LogP contribution is -2.02. The minimum atomic E-state index is -0.0928. The number of hydrogen-bond donors (Lipinski definition) is 2. The standard InChI is InChI=1S/C12H12N2O/c1-9-3-2-4-10(7-9)14-11-5-6-12(15)13-8-11/h2-8,14H,1H3,(H,13,15). The summed E-state index contributed by atoms with van der Waals surface area (Å²) in [6.07, 6.45) is 1.66. The van der Waals surface area contributed by atoms with Gasteiger partial charge in [0, 0.05) is 18.0 Å². The molecule has 0 aliphatic rings. The zero-order chi connectivity index (χ0) is 10.7. The molecule has 0 unspecified atom stereocenters. The molecule has 0 aliphatic carbocycles. The summed E-state index contributed by atoms with van der Waals surface area (Å²) in [5, 5.41) is 3.20. The minimum absolute atomic E-state index is 0.0928. The number of rotatable bonds is 2. The Morgan fingerprint density at radius 1 is 1.13 bits per heavy atom. The van der Waals surface area contributed by atoms with Gasteiger partial charge in [-0.2, -0.15) is 0 Å². The minimum Gasteiger partial charge on any atom is -0.354 e. The zero-order valence-corrected chi connectivity index (χ0v) is 8.45. The number of aromatic nitrogens is 1. The Kier molecular flexibility index (Phi) is 2.54. The topological polar surface area (TPSA) is 44.9 Å². The number of aromatic amines is 1. The van der Waals surface area contributed by atoms with Crippen LogP contribution in [0.2, 0.25) is 0 Å². The highest BCUT2D eigenvalue weighted by atomic mass is 16.1. The van der Waals surface area contributed by atoms with E-state index in [0.29, 0.717) is 0 Å². The molecule has 2 rings (SSSR count). The third kappa shape index (κ3) is 2.47. The van der Waals surface area contributed by atoms with Gasteiger partial charge in [-0.25, -0.2) is 0 Å². The van der Waals surface area contributed by atoms with Gasteiger partial charge in [0.2, 0.25) is 5.56 Å². The van der Waals surface area contributed by atoms with Gasteiger partial charge in [-0.05, 0) is 30.7 Å². The first kappa shape index (κ1) is 9.52. The van der Waals surface area contributed by atoms with E-state index in [1.54, 1.807) is 12.3 Å². The summed E-state index contributed by atoms with van der Waals surface area (Å²) in [6.45, 7) is 2.04. The second-order valence-electron chi connectivity index (χ2n) is 3.44. The highest BCUT2D eigenvalue weighted by Gasteiger charge is 1.94. The lowest BCUT2D eigenvalue weighted by molar-refractivity contribution is 1.24. The van der Waals surface area contributed by atoms with Gasteiger partial charge in [0.25, 0.3) is 0 Å². The SMILES string of the molecule is Cc1cccc(Nc2ccc(=O)[nH]c2)c1. The van der Waals surface area contributed by atoms with Gasteiger partial charge in [-0.3, -0.25) is 4.79 Å². The van der Waals surface area contributed by atoms with E-state index in [9.17, 15) is 4.79 Å². The molecule has 0 aliphatic heterocycles. The number of H-pyrrole nitrogens is 1. The molecule has 15 heavy (non-hydrogen) atoms. The van der Waals surface area contributed by atoms with Crippen molar-refractivity contribution in [2.75, 3.05) is 5.32 Å². The summed E-state index contributed by atoms with van der Waals surface area (Å²) in [5.74, 6) is 0. The Labute approximate surface area is 87.8 Å². The Bertz CT molecular complexity index is 497. The van der Waals surface area contributed by atoms with Crippen molar-refractivity contribution in [3.8, 4) is 0 Å². The van der Waals surface area contributed by atoms with Gasteiger partial charge in [0.05, 0.1) is 5.69 Å². The summed E-state index contributed by atoms with van der Waals surface area (Å²) in [4.78, 5) is 13.5. The maximum Gasteiger partial charge on any atom is 0.248 e. The monoisotopic (exact) mass is 200 g/mol. The fourth-order valence-electron chi connectivity index (χ4n) is 1.38. The molecule has 1 aromatic heterocycles. The summed E-state index contributed by atoms with van der Waals surface area (Å²) in [7, 11) is 0. The van der Waals surface area contributed by atoms with Crippen molar-refractivity contribution in [1.82, 2.24) is 4.98 Å². The van der Waals surface area contributed by atoms with Crippen LogP contribution in [0, 0.1) is 6.92 Å². The van der Waals surface area contributed by atoms with E-state index in [1.165, 1.54) is 11.6 Å². The highest BCUT2D eigenvalue weighted by Crippen LogP contribution is 2.15. The first-order chi connectivity index (χ1) is 7.24. The Hall–Kier alpha value is -2.03. The van der Waals surface area contributed by atoms with Crippen molar-refractivity contribution in [2.45, 2.75) is 6.92 Å². The fourth-order valence-corrected chi connectivity index (χ4v) is 1.38. The second kappa shape index (κ2) is 4.00. The predicted molar refractivity (Wildman–Crippen MR) is 61.5 cm³/mol. The van der Waals surface area contributed by atoms with Gasteiger partial charge in [-0.1, -0.05) is 12.1 Å². The lowest BCUT2D eigenvalue weighted by Gasteiger charge is -2.05. The van der Waals surface area contributed by atoms with Gasteiger partial charge >= 0.3 is 0 Å². The van der Waals surface area contributed by atoms with Crippen LogP contribution in [0.4, 0.5) is 11.4 Å². The first-order valence-electron chi connectivity index (χ1n) is 4.76. The van der Waals surface area contributed by atoms with Crippen LogP contribution in [0.5, 0.6) is 0 Å². The molecule has 0 spiro atoms. The zero-order valence-electron chi connectivity index (χ0n) is 8.45. The highest BCUT2D eigenvalue weighted by molar-refractivity contribution is 5.58. The van der Waals surface area contributed by atoms with Gasteiger partial charge in [0.15, 0.2) is 0 Å². The molecular weight excluding hydrogens is 188 g/mol. The summed E-state index contributed by atoms with van der Waals surface area (Å²) < 4.78 is 0. The van der Waals surface area contributed by atoms with Crippen molar-refractivity contribution < 1.29 is 0 Å². The van der Waals surface area contributed by atoms with Gasteiger partial charge in [0.1, 0.15) is 0 Å². The second-order valence-corrected chi connectivity index (χ2v) is 3.44. The molecule has 3 heteroatoms. The average molecular weight is 200 g/mol. The molecular formula is C12H12N2O. The number of benzene rings is 1. The van der Waals surface area contributed by atoms with Crippen molar-refractivity contribution in [1.29, 1.82) is 0 Å². The van der Waals surface area contributed by atoms with Crippen LogP contribution in [0.15, 0.2) is 47.4 Å². The van der Waals surface area contributed by atoms with E-state index in [1.807, 2.05) is 31.2 Å². The molecule has 1 aromatic carbocycles. The molecule has 0 atom stereocenters. The molecule has 0 bridgehead atoms. The maximum atomic E-state index is 10.8. The average Bonchev–Trinajstić information content (AvgIpc) is 2.22.